The number of carbonyl (C=O) groups is 1. The summed E-state index contributed by atoms with van der Waals surface area (Å²) in [7, 11) is 0. The highest BCUT2D eigenvalue weighted by Crippen LogP contribution is 2.10. The van der Waals surface area contributed by atoms with E-state index in [0.717, 1.165) is 25.7 Å². The molecule has 0 aliphatic heterocycles. The molecule has 0 aliphatic carbocycles. The molecule has 29 heavy (non-hydrogen) atoms. The van der Waals surface area contributed by atoms with Crippen molar-refractivity contribution in [3.05, 3.63) is 38.5 Å². The first-order valence-electron chi connectivity index (χ1n) is 11.3. The predicted octanol–water partition coefficient (Wildman–Crippen LogP) is 6.52. The summed E-state index contributed by atoms with van der Waals surface area (Å²) in [6, 6.07) is 0. The molecule has 4 nitrogen and oxygen atoms in total. The van der Waals surface area contributed by atoms with Crippen molar-refractivity contribution in [3.8, 4) is 0 Å². The molecule has 4 heteroatoms. The molecule has 0 saturated carbocycles. The summed E-state index contributed by atoms with van der Waals surface area (Å²) in [5.74, 6) is -0.287. The molecule has 0 fully saturated rings. The van der Waals surface area contributed by atoms with Gasteiger partial charge in [0.15, 0.2) is 0 Å². The van der Waals surface area contributed by atoms with E-state index in [1.807, 2.05) is 0 Å². The van der Waals surface area contributed by atoms with Gasteiger partial charge in [-0.2, -0.15) is 0 Å². The van der Waals surface area contributed by atoms with Crippen LogP contribution in [0.25, 0.3) is 0 Å². The topological polar surface area (TPSA) is 66.8 Å². The van der Waals surface area contributed by atoms with Crippen LogP contribution in [0.3, 0.4) is 0 Å². The van der Waals surface area contributed by atoms with E-state index in [1.54, 1.807) is 0 Å². The summed E-state index contributed by atoms with van der Waals surface area (Å²) in [6.45, 7) is 13.8. The molecule has 0 spiro atoms. The molecule has 1 unspecified atom stereocenters. The maximum Gasteiger partial charge on any atom is 0.305 e. The number of hydrogen-bond donors (Lipinski definition) is 2. The van der Waals surface area contributed by atoms with Crippen LogP contribution < -0.4 is 0 Å². The van der Waals surface area contributed by atoms with Crippen molar-refractivity contribution in [2.24, 2.45) is 0 Å². The number of rotatable bonds is 18. The van der Waals surface area contributed by atoms with Crippen LogP contribution in [0.15, 0.2) is 38.5 Å². The number of ether oxygens (including phenoxy) is 1. The maximum absolute atomic E-state index is 11.4. The van der Waals surface area contributed by atoms with Crippen molar-refractivity contribution in [3.63, 3.8) is 0 Å². The van der Waals surface area contributed by atoms with E-state index in [9.17, 15) is 4.79 Å². The third-order valence-electron chi connectivity index (χ3n) is 4.29. The van der Waals surface area contributed by atoms with Crippen LogP contribution in [0.4, 0.5) is 0 Å². The van der Waals surface area contributed by atoms with Gasteiger partial charge in [0, 0.05) is 6.42 Å². The van der Waals surface area contributed by atoms with Gasteiger partial charge in [0.25, 0.3) is 0 Å². The lowest BCUT2D eigenvalue weighted by Gasteiger charge is -2.08. The minimum atomic E-state index is -0.960. The Kier molecular flexibility index (Phi) is 34.9. The highest BCUT2D eigenvalue weighted by atomic mass is 16.5. The minimum absolute atomic E-state index is 0.111. The molecule has 0 aliphatic rings. The monoisotopic (exact) mass is 412 g/mol. The molecule has 0 amide bonds. The van der Waals surface area contributed by atoms with E-state index in [4.69, 9.17) is 14.9 Å². The number of aliphatic hydroxyl groups is 2. The van der Waals surface area contributed by atoms with Gasteiger partial charge in [-0.25, -0.2) is 0 Å². The molecule has 0 rings (SSSR count). The molecule has 0 aromatic heterocycles. The minimum Gasteiger partial charge on any atom is -0.463 e. The highest BCUT2D eigenvalue weighted by Gasteiger charge is 2.07. The average molecular weight is 413 g/mol. The number of aliphatic hydroxyl groups excluding tert-OH is 2. The molecule has 0 saturated heterocycles. The van der Waals surface area contributed by atoms with Crippen LogP contribution in [0.5, 0.6) is 0 Å². The van der Waals surface area contributed by atoms with Gasteiger partial charge in [0.05, 0.1) is 6.61 Å². The van der Waals surface area contributed by atoms with Crippen LogP contribution in [-0.4, -0.2) is 35.5 Å². The summed E-state index contributed by atoms with van der Waals surface area (Å²) in [5, 5.41) is 17.7. The largest absolute Gasteiger partial charge is 0.463 e. The van der Waals surface area contributed by atoms with Crippen LogP contribution in [0.2, 0.25) is 0 Å². The third-order valence-corrected chi connectivity index (χ3v) is 4.29. The Bertz CT molecular complexity index is 340. The summed E-state index contributed by atoms with van der Waals surface area (Å²) >= 11 is 0. The smallest absolute Gasteiger partial charge is 0.305 e. The Labute approximate surface area is 180 Å². The van der Waals surface area contributed by atoms with Crippen LogP contribution in [0, 0.1) is 0 Å². The van der Waals surface area contributed by atoms with E-state index in [-0.39, 0.29) is 19.2 Å². The molecular formula is C25H48O4. The lowest BCUT2D eigenvalue weighted by atomic mass is 10.1. The van der Waals surface area contributed by atoms with Gasteiger partial charge in [0.1, 0.15) is 12.7 Å². The zero-order valence-corrected chi connectivity index (χ0v) is 19.1. The standard InChI is InChI=1S/C21H40O4.2C2H4/c1-2-3-4-5-6-7-8-9-10-11-12-13-14-15-16-17-21(24)25-19-20(23)18-22;2*1-2/h9-10,20,22-23H,2-8,11-19H2,1H3;2*1-2H2/b10-9-;;. The molecular weight excluding hydrogens is 364 g/mol. The number of hydrogen-bond acceptors (Lipinski definition) is 4. The predicted molar refractivity (Wildman–Crippen MR) is 126 cm³/mol. The quantitative estimate of drug-likeness (QED) is 0.153. The normalized spacial score (nSPS) is 11.1. The molecule has 0 heterocycles. The van der Waals surface area contributed by atoms with Crippen molar-refractivity contribution in [2.75, 3.05) is 13.2 Å². The van der Waals surface area contributed by atoms with E-state index in [0.29, 0.717) is 6.42 Å². The van der Waals surface area contributed by atoms with E-state index in [2.05, 4.69) is 45.4 Å². The van der Waals surface area contributed by atoms with Crippen molar-refractivity contribution < 1.29 is 19.7 Å². The van der Waals surface area contributed by atoms with E-state index in [1.165, 1.54) is 57.8 Å². The molecule has 2 N–H and O–H groups in total. The molecule has 0 aromatic carbocycles. The lowest BCUT2D eigenvalue weighted by Crippen LogP contribution is -2.21. The fourth-order valence-electron chi connectivity index (χ4n) is 2.65. The van der Waals surface area contributed by atoms with E-state index >= 15 is 0 Å². The van der Waals surface area contributed by atoms with Crippen LogP contribution in [0.1, 0.15) is 96.8 Å². The molecule has 0 bridgehead atoms. The zero-order chi connectivity index (χ0) is 22.6. The Morgan fingerprint density at radius 1 is 0.828 bits per heavy atom. The number of allylic oxidation sites excluding steroid dienone is 2. The SMILES string of the molecule is C=C.C=C.CCCCCCCC/C=C\CCCCCCCC(=O)OCC(O)CO. The van der Waals surface area contributed by atoms with Crippen molar-refractivity contribution in [1.29, 1.82) is 0 Å². The van der Waals surface area contributed by atoms with Crippen LogP contribution in [-0.2, 0) is 9.53 Å². The fourth-order valence-corrected chi connectivity index (χ4v) is 2.65. The molecule has 1 atom stereocenters. The van der Waals surface area contributed by atoms with Crippen LogP contribution >= 0.6 is 0 Å². The maximum atomic E-state index is 11.4. The van der Waals surface area contributed by atoms with Crippen molar-refractivity contribution in [2.45, 2.75) is 103 Å². The first kappa shape index (κ1) is 32.3. The van der Waals surface area contributed by atoms with Gasteiger partial charge in [-0.15, -0.1) is 26.3 Å². The number of unbranched alkanes of at least 4 members (excludes halogenated alkanes) is 11. The number of esters is 1. The second-order valence-corrected chi connectivity index (χ2v) is 6.85. The van der Waals surface area contributed by atoms with E-state index < -0.39 is 6.10 Å². The second kappa shape index (κ2) is 31.3. The Morgan fingerprint density at radius 2 is 1.28 bits per heavy atom. The van der Waals surface area contributed by atoms with Gasteiger partial charge in [-0.05, 0) is 32.1 Å². The van der Waals surface area contributed by atoms with Gasteiger partial charge < -0.3 is 14.9 Å². The molecule has 172 valence electrons. The highest BCUT2D eigenvalue weighted by molar-refractivity contribution is 5.69. The third kappa shape index (κ3) is 31.5. The Morgan fingerprint density at radius 3 is 1.76 bits per heavy atom. The first-order valence-corrected chi connectivity index (χ1v) is 11.3. The van der Waals surface area contributed by atoms with Gasteiger partial charge in [0.2, 0.25) is 0 Å². The summed E-state index contributed by atoms with van der Waals surface area (Å²) in [6.07, 6.45) is 20.1. The molecule has 0 radical (unpaired) electrons. The molecule has 0 aromatic rings. The summed E-state index contributed by atoms with van der Waals surface area (Å²) in [4.78, 5) is 11.4. The summed E-state index contributed by atoms with van der Waals surface area (Å²) < 4.78 is 4.86. The zero-order valence-electron chi connectivity index (χ0n) is 19.1. The first-order chi connectivity index (χ1) is 14.2. The van der Waals surface area contributed by atoms with Gasteiger partial charge in [-0.1, -0.05) is 70.4 Å². The number of carbonyl (C=O) groups excluding carboxylic acids is 1. The summed E-state index contributed by atoms with van der Waals surface area (Å²) in [5.41, 5.74) is 0. The lowest BCUT2D eigenvalue weighted by molar-refractivity contribution is -0.147. The van der Waals surface area contributed by atoms with Gasteiger partial charge in [-0.3, -0.25) is 4.79 Å². The van der Waals surface area contributed by atoms with Crippen molar-refractivity contribution >= 4 is 5.97 Å². The van der Waals surface area contributed by atoms with Crippen molar-refractivity contribution in [1.82, 2.24) is 0 Å². The fraction of sp³-hybridized carbons (Fsp3) is 0.720. The Hall–Kier alpha value is -1.39. The average Bonchev–Trinajstić information content (AvgIpc) is 2.77. The van der Waals surface area contributed by atoms with Gasteiger partial charge >= 0.3 is 5.97 Å². The second-order valence-electron chi connectivity index (χ2n) is 6.85. The Balaban J connectivity index is -0.00000158.